The summed E-state index contributed by atoms with van der Waals surface area (Å²) in [4.78, 5) is 26.7. The van der Waals surface area contributed by atoms with Crippen molar-refractivity contribution in [3.05, 3.63) is 71.3 Å². The molecule has 0 radical (unpaired) electrons. The molecule has 0 aliphatic carbocycles. The Morgan fingerprint density at radius 3 is 2.62 bits per heavy atom. The summed E-state index contributed by atoms with van der Waals surface area (Å²) in [5.74, 6) is 0.167. The number of likely N-dealkylation sites (tertiary alicyclic amines) is 1. The number of nitrogens with one attached hydrogen (secondary N) is 1. The van der Waals surface area contributed by atoms with Crippen LogP contribution in [0.25, 0.3) is 0 Å². The molecule has 154 valence electrons. The summed E-state index contributed by atoms with van der Waals surface area (Å²) >= 11 is 1.56. The van der Waals surface area contributed by atoms with Gasteiger partial charge in [-0.15, -0.1) is 0 Å². The molecule has 3 rings (SSSR count). The van der Waals surface area contributed by atoms with Gasteiger partial charge in [0, 0.05) is 36.7 Å². The fourth-order valence-electron chi connectivity index (χ4n) is 3.34. The third-order valence-electron chi connectivity index (χ3n) is 4.93. The first kappa shape index (κ1) is 21.3. The van der Waals surface area contributed by atoms with E-state index in [1.54, 1.807) is 28.8 Å². The van der Waals surface area contributed by atoms with Crippen LogP contribution in [-0.2, 0) is 10.5 Å². The van der Waals surface area contributed by atoms with Gasteiger partial charge in [-0.3, -0.25) is 9.59 Å². The SMILES string of the molecule is O=C(NCCSCc1ccccc1F)C1CCCN(C(=O)c2ccc(F)cc2)C1. The Kier molecular flexibility index (Phi) is 7.63. The number of halogens is 2. The standard InChI is InChI=1S/C22H24F2N2O2S/c23-19-9-7-16(8-10-19)22(28)26-12-3-5-17(14-26)21(27)25-11-13-29-15-18-4-1-2-6-20(18)24/h1-2,4,6-10,17H,3,5,11-15H2,(H,25,27). The summed E-state index contributed by atoms with van der Waals surface area (Å²) in [5.41, 5.74) is 1.09. The van der Waals surface area contributed by atoms with Crippen molar-refractivity contribution in [2.24, 2.45) is 5.92 Å². The van der Waals surface area contributed by atoms with Crippen LogP contribution in [0.4, 0.5) is 8.78 Å². The Balaban J connectivity index is 1.41. The molecule has 0 aromatic heterocycles. The van der Waals surface area contributed by atoms with Crippen LogP contribution in [-0.4, -0.2) is 42.1 Å². The molecule has 1 heterocycles. The number of hydrogen-bond donors (Lipinski definition) is 1. The summed E-state index contributed by atoms with van der Waals surface area (Å²) in [6.07, 6.45) is 1.49. The van der Waals surface area contributed by atoms with Crippen LogP contribution in [0.1, 0.15) is 28.8 Å². The monoisotopic (exact) mass is 418 g/mol. The van der Waals surface area contributed by atoms with Crippen molar-refractivity contribution in [1.29, 1.82) is 0 Å². The summed E-state index contributed by atoms with van der Waals surface area (Å²) < 4.78 is 26.6. The van der Waals surface area contributed by atoms with E-state index in [1.165, 1.54) is 30.3 Å². The van der Waals surface area contributed by atoms with Gasteiger partial charge in [-0.1, -0.05) is 18.2 Å². The third kappa shape index (κ3) is 6.03. The summed E-state index contributed by atoms with van der Waals surface area (Å²) in [6.45, 7) is 1.46. The van der Waals surface area contributed by atoms with Crippen molar-refractivity contribution in [2.75, 3.05) is 25.4 Å². The molecular formula is C22H24F2N2O2S. The molecule has 1 aliphatic heterocycles. The number of hydrogen-bond acceptors (Lipinski definition) is 3. The van der Waals surface area contributed by atoms with Gasteiger partial charge in [-0.05, 0) is 48.7 Å². The largest absolute Gasteiger partial charge is 0.355 e. The van der Waals surface area contributed by atoms with Gasteiger partial charge in [0.1, 0.15) is 11.6 Å². The van der Waals surface area contributed by atoms with Crippen molar-refractivity contribution in [3.63, 3.8) is 0 Å². The van der Waals surface area contributed by atoms with E-state index in [9.17, 15) is 18.4 Å². The van der Waals surface area contributed by atoms with Crippen LogP contribution in [0.2, 0.25) is 0 Å². The minimum Gasteiger partial charge on any atom is -0.355 e. The number of amides is 2. The zero-order chi connectivity index (χ0) is 20.6. The molecule has 2 aromatic carbocycles. The van der Waals surface area contributed by atoms with E-state index in [4.69, 9.17) is 0 Å². The molecule has 1 atom stereocenters. The number of rotatable bonds is 7. The van der Waals surface area contributed by atoms with Crippen molar-refractivity contribution in [3.8, 4) is 0 Å². The summed E-state index contributed by atoms with van der Waals surface area (Å²) in [5, 5.41) is 2.92. The van der Waals surface area contributed by atoms with Crippen molar-refractivity contribution >= 4 is 23.6 Å². The molecule has 1 N–H and O–H groups in total. The Bertz CT molecular complexity index is 845. The van der Waals surface area contributed by atoms with Crippen LogP contribution in [0.5, 0.6) is 0 Å². The maximum Gasteiger partial charge on any atom is 0.253 e. The van der Waals surface area contributed by atoms with Crippen molar-refractivity contribution in [1.82, 2.24) is 10.2 Å². The molecule has 1 unspecified atom stereocenters. The van der Waals surface area contributed by atoms with E-state index < -0.39 is 0 Å². The zero-order valence-electron chi connectivity index (χ0n) is 16.1. The number of benzene rings is 2. The molecule has 1 aliphatic rings. The third-order valence-corrected chi connectivity index (χ3v) is 5.94. The normalized spacial score (nSPS) is 16.5. The molecule has 0 saturated carbocycles. The molecule has 1 fully saturated rings. The van der Waals surface area contributed by atoms with Gasteiger partial charge in [-0.25, -0.2) is 8.78 Å². The van der Waals surface area contributed by atoms with Crippen LogP contribution in [0.3, 0.4) is 0 Å². The highest BCUT2D eigenvalue weighted by atomic mass is 32.2. The number of nitrogens with zero attached hydrogens (tertiary/aromatic N) is 1. The van der Waals surface area contributed by atoms with Crippen LogP contribution < -0.4 is 5.32 Å². The quantitative estimate of drug-likeness (QED) is 0.695. The molecule has 4 nitrogen and oxygen atoms in total. The highest BCUT2D eigenvalue weighted by Gasteiger charge is 2.28. The number of carbonyl (C=O) groups is 2. The lowest BCUT2D eigenvalue weighted by atomic mass is 9.96. The highest BCUT2D eigenvalue weighted by molar-refractivity contribution is 7.98. The lowest BCUT2D eigenvalue weighted by Crippen LogP contribution is -2.45. The first-order chi connectivity index (χ1) is 14.0. The fourth-order valence-corrected chi connectivity index (χ4v) is 4.18. The van der Waals surface area contributed by atoms with Crippen LogP contribution in [0, 0.1) is 17.6 Å². The van der Waals surface area contributed by atoms with Gasteiger partial charge in [0.05, 0.1) is 5.92 Å². The molecule has 0 spiro atoms. The predicted molar refractivity (Wildman–Crippen MR) is 111 cm³/mol. The lowest BCUT2D eigenvalue weighted by Gasteiger charge is -2.32. The molecule has 7 heteroatoms. The smallest absolute Gasteiger partial charge is 0.253 e. The maximum absolute atomic E-state index is 13.6. The lowest BCUT2D eigenvalue weighted by molar-refractivity contribution is -0.126. The molecular weight excluding hydrogens is 394 g/mol. The molecule has 1 saturated heterocycles. The molecule has 2 aromatic rings. The van der Waals surface area contributed by atoms with Gasteiger partial charge < -0.3 is 10.2 Å². The Morgan fingerprint density at radius 2 is 1.86 bits per heavy atom. The molecule has 2 amide bonds. The Hall–Kier alpha value is -2.41. The van der Waals surface area contributed by atoms with E-state index in [-0.39, 0.29) is 29.4 Å². The second-order valence-corrected chi connectivity index (χ2v) is 8.14. The maximum atomic E-state index is 13.6. The van der Waals surface area contributed by atoms with Crippen LogP contribution in [0.15, 0.2) is 48.5 Å². The van der Waals surface area contributed by atoms with E-state index in [0.29, 0.717) is 42.3 Å². The summed E-state index contributed by atoms with van der Waals surface area (Å²) in [6, 6.07) is 12.1. The second-order valence-electron chi connectivity index (χ2n) is 7.03. The first-order valence-electron chi connectivity index (χ1n) is 9.68. The van der Waals surface area contributed by atoms with Gasteiger partial charge >= 0.3 is 0 Å². The van der Waals surface area contributed by atoms with Crippen LogP contribution >= 0.6 is 11.8 Å². The fraction of sp³-hybridized carbons (Fsp3) is 0.364. The summed E-state index contributed by atoms with van der Waals surface area (Å²) in [7, 11) is 0. The minimum absolute atomic E-state index is 0.0619. The van der Waals surface area contributed by atoms with Gasteiger partial charge in [0.15, 0.2) is 0 Å². The molecule has 29 heavy (non-hydrogen) atoms. The van der Waals surface area contributed by atoms with E-state index in [2.05, 4.69) is 5.32 Å². The van der Waals surface area contributed by atoms with Crippen molar-refractivity contribution < 1.29 is 18.4 Å². The molecule has 0 bridgehead atoms. The first-order valence-corrected chi connectivity index (χ1v) is 10.8. The van der Waals surface area contributed by atoms with E-state index >= 15 is 0 Å². The average Bonchev–Trinajstić information content (AvgIpc) is 2.74. The second kappa shape index (κ2) is 10.4. The average molecular weight is 419 g/mol. The topological polar surface area (TPSA) is 49.4 Å². The number of carbonyl (C=O) groups excluding carboxylic acids is 2. The van der Waals surface area contributed by atoms with Crippen molar-refractivity contribution in [2.45, 2.75) is 18.6 Å². The minimum atomic E-state index is -0.384. The Labute approximate surface area is 173 Å². The van der Waals surface area contributed by atoms with Gasteiger partial charge in [0.2, 0.25) is 5.91 Å². The highest BCUT2D eigenvalue weighted by Crippen LogP contribution is 2.19. The number of piperidine rings is 1. The number of thioether (sulfide) groups is 1. The Morgan fingerprint density at radius 1 is 1.10 bits per heavy atom. The van der Waals surface area contributed by atoms with Gasteiger partial charge in [0.25, 0.3) is 5.91 Å². The van der Waals surface area contributed by atoms with E-state index in [0.717, 1.165) is 12.8 Å². The predicted octanol–water partition coefficient (Wildman–Crippen LogP) is 3.87. The van der Waals surface area contributed by atoms with Gasteiger partial charge in [-0.2, -0.15) is 11.8 Å². The van der Waals surface area contributed by atoms with E-state index in [1.807, 2.05) is 6.07 Å². The zero-order valence-corrected chi connectivity index (χ0v) is 16.9.